The van der Waals surface area contributed by atoms with Gasteiger partial charge < -0.3 is 5.11 Å². The number of hydrogen-bond donors (Lipinski definition) is 1. The van der Waals surface area contributed by atoms with E-state index in [1.165, 1.54) is 30.3 Å². The normalized spacial score (nSPS) is 19.9. The Morgan fingerprint density at radius 1 is 1.29 bits per heavy atom. The minimum Gasteiger partial charge on any atom is -0.481 e. The van der Waals surface area contributed by atoms with Gasteiger partial charge in [-0.25, -0.2) is 4.39 Å². The molecule has 0 aromatic heterocycles. The highest BCUT2D eigenvalue weighted by molar-refractivity contribution is 6.03. The van der Waals surface area contributed by atoms with Gasteiger partial charge >= 0.3 is 5.97 Å². The summed E-state index contributed by atoms with van der Waals surface area (Å²) in [4.78, 5) is 22.4. The summed E-state index contributed by atoms with van der Waals surface area (Å²) in [6.45, 7) is 0. The van der Waals surface area contributed by atoms with Gasteiger partial charge in [0.25, 0.3) is 0 Å². The Morgan fingerprint density at radius 3 is 2.53 bits per heavy atom. The topological polar surface area (TPSA) is 54.4 Å². The predicted octanol–water partition coefficient (Wildman–Crippen LogP) is 2.27. The van der Waals surface area contributed by atoms with Crippen molar-refractivity contribution in [3.63, 3.8) is 0 Å². The van der Waals surface area contributed by atoms with E-state index in [1.54, 1.807) is 0 Å². The Kier molecular flexibility index (Phi) is 3.04. The molecule has 88 valence electrons. The molecule has 1 aromatic carbocycles. The van der Waals surface area contributed by atoms with Gasteiger partial charge in [-0.15, -0.1) is 0 Å². The second-order valence-corrected chi connectivity index (χ2v) is 4.00. The van der Waals surface area contributed by atoms with E-state index in [4.69, 9.17) is 5.11 Å². The standard InChI is InChI=1S/C13H11FO3/c14-9-3-1-8(2-4-9)12-7-10(15)5-6-11(12)13(16)17/h1-4,7,11H,5-6H2,(H,16,17). The Morgan fingerprint density at radius 2 is 1.94 bits per heavy atom. The average Bonchev–Trinajstić information content (AvgIpc) is 2.29. The molecule has 4 heteroatoms. The predicted molar refractivity (Wildman–Crippen MR) is 59.7 cm³/mol. The highest BCUT2D eigenvalue weighted by Crippen LogP contribution is 2.31. The molecular formula is C13H11FO3. The van der Waals surface area contributed by atoms with Crippen LogP contribution in [0.4, 0.5) is 4.39 Å². The second kappa shape index (κ2) is 4.49. The van der Waals surface area contributed by atoms with Gasteiger partial charge in [0, 0.05) is 6.42 Å². The minimum absolute atomic E-state index is 0.0816. The Bertz CT molecular complexity index is 488. The van der Waals surface area contributed by atoms with Crippen LogP contribution < -0.4 is 0 Å². The van der Waals surface area contributed by atoms with Crippen molar-refractivity contribution in [3.05, 3.63) is 41.7 Å². The summed E-state index contributed by atoms with van der Waals surface area (Å²) in [5, 5.41) is 9.08. The summed E-state index contributed by atoms with van der Waals surface area (Å²) in [6, 6.07) is 5.51. The van der Waals surface area contributed by atoms with E-state index in [-0.39, 0.29) is 18.0 Å². The summed E-state index contributed by atoms with van der Waals surface area (Å²) in [5.41, 5.74) is 1.06. The maximum atomic E-state index is 12.8. The number of carbonyl (C=O) groups is 2. The summed E-state index contributed by atoms with van der Waals surface area (Å²) in [6.07, 6.45) is 1.91. The molecule has 1 unspecified atom stereocenters. The number of rotatable bonds is 2. The quantitative estimate of drug-likeness (QED) is 0.854. The Hall–Kier alpha value is -1.97. The molecule has 0 saturated heterocycles. The summed E-state index contributed by atoms with van der Waals surface area (Å²) in [7, 11) is 0. The van der Waals surface area contributed by atoms with E-state index in [0.29, 0.717) is 17.6 Å². The smallest absolute Gasteiger partial charge is 0.311 e. The number of ketones is 1. The maximum absolute atomic E-state index is 12.8. The van der Waals surface area contributed by atoms with Crippen molar-refractivity contribution < 1.29 is 19.1 Å². The number of hydrogen-bond acceptors (Lipinski definition) is 2. The van der Waals surface area contributed by atoms with Crippen LogP contribution >= 0.6 is 0 Å². The van der Waals surface area contributed by atoms with Gasteiger partial charge in [0.15, 0.2) is 5.78 Å². The number of carboxylic acids is 1. The third-order valence-corrected chi connectivity index (χ3v) is 2.85. The van der Waals surface area contributed by atoms with Crippen LogP contribution in [0, 0.1) is 11.7 Å². The fourth-order valence-corrected chi connectivity index (χ4v) is 1.97. The third kappa shape index (κ3) is 2.41. The van der Waals surface area contributed by atoms with E-state index in [9.17, 15) is 14.0 Å². The van der Waals surface area contributed by atoms with Gasteiger partial charge in [0.2, 0.25) is 0 Å². The zero-order valence-corrected chi connectivity index (χ0v) is 9.02. The number of allylic oxidation sites excluding steroid dienone is 1. The van der Waals surface area contributed by atoms with E-state index in [0.717, 1.165) is 0 Å². The van der Waals surface area contributed by atoms with Crippen molar-refractivity contribution in [3.8, 4) is 0 Å². The van der Waals surface area contributed by atoms with Crippen LogP contribution in [0.25, 0.3) is 5.57 Å². The van der Waals surface area contributed by atoms with Crippen molar-refractivity contribution >= 4 is 17.3 Å². The second-order valence-electron chi connectivity index (χ2n) is 4.00. The van der Waals surface area contributed by atoms with Crippen molar-refractivity contribution in [2.24, 2.45) is 5.92 Å². The zero-order chi connectivity index (χ0) is 12.4. The third-order valence-electron chi connectivity index (χ3n) is 2.85. The molecule has 1 N–H and O–H groups in total. The first kappa shape index (κ1) is 11.5. The van der Waals surface area contributed by atoms with Crippen LogP contribution in [0.5, 0.6) is 0 Å². The first-order valence-corrected chi connectivity index (χ1v) is 5.31. The fourth-order valence-electron chi connectivity index (χ4n) is 1.97. The lowest BCUT2D eigenvalue weighted by Gasteiger charge is -2.20. The minimum atomic E-state index is -0.951. The molecule has 17 heavy (non-hydrogen) atoms. The molecule has 0 bridgehead atoms. The first-order chi connectivity index (χ1) is 8.08. The van der Waals surface area contributed by atoms with Gasteiger partial charge in [-0.2, -0.15) is 0 Å². The molecule has 1 aliphatic carbocycles. The van der Waals surface area contributed by atoms with Crippen LogP contribution in [0.1, 0.15) is 18.4 Å². The average molecular weight is 234 g/mol. The highest BCUT2D eigenvalue weighted by atomic mass is 19.1. The Balaban J connectivity index is 2.42. The number of aliphatic carboxylic acids is 1. The van der Waals surface area contributed by atoms with E-state index >= 15 is 0 Å². The molecule has 0 spiro atoms. The fraction of sp³-hybridized carbons (Fsp3) is 0.231. The first-order valence-electron chi connectivity index (χ1n) is 5.31. The molecule has 0 radical (unpaired) electrons. The van der Waals surface area contributed by atoms with Gasteiger partial charge in [0.1, 0.15) is 5.82 Å². The molecule has 1 aliphatic rings. The number of carboxylic acid groups (broad SMARTS) is 1. The molecule has 3 nitrogen and oxygen atoms in total. The number of carbonyl (C=O) groups excluding carboxylic acids is 1. The van der Waals surface area contributed by atoms with Crippen LogP contribution in [-0.4, -0.2) is 16.9 Å². The van der Waals surface area contributed by atoms with Gasteiger partial charge in [-0.3, -0.25) is 9.59 Å². The lowest BCUT2D eigenvalue weighted by atomic mass is 9.83. The van der Waals surface area contributed by atoms with Crippen LogP contribution in [0.15, 0.2) is 30.3 Å². The summed E-state index contributed by atoms with van der Waals surface area (Å²) < 4.78 is 12.8. The molecule has 0 fully saturated rings. The molecule has 0 aliphatic heterocycles. The van der Waals surface area contributed by atoms with E-state index in [1.807, 2.05) is 0 Å². The van der Waals surface area contributed by atoms with Crippen molar-refractivity contribution in [2.75, 3.05) is 0 Å². The molecular weight excluding hydrogens is 223 g/mol. The maximum Gasteiger partial charge on any atom is 0.311 e. The van der Waals surface area contributed by atoms with Crippen molar-refractivity contribution in [2.45, 2.75) is 12.8 Å². The molecule has 0 amide bonds. The van der Waals surface area contributed by atoms with Crippen LogP contribution in [0.3, 0.4) is 0 Å². The highest BCUT2D eigenvalue weighted by Gasteiger charge is 2.28. The van der Waals surface area contributed by atoms with Gasteiger partial charge in [-0.05, 0) is 35.8 Å². The van der Waals surface area contributed by atoms with Crippen molar-refractivity contribution in [1.29, 1.82) is 0 Å². The molecule has 2 rings (SSSR count). The van der Waals surface area contributed by atoms with Crippen LogP contribution in [-0.2, 0) is 9.59 Å². The molecule has 0 heterocycles. The largest absolute Gasteiger partial charge is 0.481 e. The SMILES string of the molecule is O=C1C=C(c2ccc(F)cc2)C(C(=O)O)CC1. The monoisotopic (exact) mass is 234 g/mol. The number of halogens is 1. The zero-order valence-electron chi connectivity index (χ0n) is 9.02. The number of benzene rings is 1. The Labute approximate surface area is 97.6 Å². The summed E-state index contributed by atoms with van der Waals surface area (Å²) in [5.74, 6) is -2.10. The molecule has 1 aromatic rings. The van der Waals surface area contributed by atoms with Crippen LogP contribution in [0.2, 0.25) is 0 Å². The van der Waals surface area contributed by atoms with E-state index in [2.05, 4.69) is 0 Å². The molecule has 1 atom stereocenters. The summed E-state index contributed by atoms with van der Waals surface area (Å²) >= 11 is 0. The lowest BCUT2D eigenvalue weighted by molar-refractivity contribution is -0.140. The molecule has 0 saturated carbocycles. The van der Waals surface area contributed by atoms with Gasteiger partial charge in [0.05, 0.1) is 5.92 Å². The van der Waals surface area contributed by atoms with Gasteiger partial charge in [-0.1, -0.05) is 12.1 Å². The van der Waals surface area contributed by atoms with E-state index < -0.39 is 11.9 Å². The lowest BCUT2D eigenvalue weighted by Crippen LogP contribution is -2.21. The van der Waals surface area contributed by atoms with Crippen molar-refractivity contribution in [1.82, 2.24) is 0 Å².